The molecule has 0 spiro atoms. The van der Waals surface area contributed by atoms with Crippen molar-refractivity contribution in [2.75, 3.05) is 10.2 Å². The van der Waals surface area contributed by atoms with Gasteiger partial charge in [-0.15, -0.1) is 11.3 Å². The second kappa shape index (κ2) is 7.44. The minimum atomic E-state index is -0.625. The van der Waals surface area contributed by atoms with Gasteiger partial charge >= 0.3 is 6.03 Å². The van der Waals surface area contributed by atoms with Crippen LogP contribution >= 0.6 is 11.3 Å². The number of anilines is 3. The van der Waals surface area contributed by atoms with E-state index in [0.29, 0.717) is 22.4 Å². The lowest BCUT2D eigenvalue weighted by molar-refractivity contribution is 0.102. The highest BCUT2D eigenvalue weighted by Gasteiger charge is 2.27. The van der Waals surface area contributed by atoms with Gasteiger partial charge in [0.05, 0.1) is 5.69 Å². The molecule has 0 atom stereocenters. The SMILES string of the molecule is Cc1ccc(C2CC2)cc1N(C(N)=O)c1nc(C(=O)Nc2ccccc2)cs1. The summed E-state index contributed by atoms with van der Waals surface area (Å²) in [6.45, 7) is 1.93. The standard InChI is InChI=1S/C21H20N4O2S/c1-13-7-8-15(14-9-10-14)11-18(13)25(20(22)27)21-24-17(12-28-21)19(26)23-16-5-3-2-4-6-16/h2-8,11-12,14H,9-10H2,1H3,(H2,22,27)(H,23,26). The molecule has 0 unspecified atom stereocenters. The molecule has 3 N–H and O–H groups in total. The van der Waals surface area contributed by atoms with E-state index in [2.05, 4.69) is 16.4 Å². The third kappa shape index (κ3) is 3.75. The first-order valence-electron chi connectivity index (χ1n) is 9.05. The van der Waals surface area contributed by atoms with Crippen LogP contribution in [0, 0.1) is 6.92 Å². The number of primary amides is 1. The van der Waals surface area contributed by atoms with E-state index < -0.39 is 6.03 Å². The summed E-state index contributed by atoms with van der Waals surface area (Å²) in [6.07, 6.45) is 2.33. The molecular weight excluding hydrogens is 372 g/mol. The molecule has 3 aromatic rings. The molecule has 0 radical (unpaired) electrons. The molecule has 1 aliphatic rings. The van der Waals surface area contributed by atoms with Crippen LogP contribution in [0.2, 0.25) is 0 Å². The van der Waals surface area contributed by atoms with Crippen molar-refractivity contribution in [2.45, 2.75) is 25.7 Å². The second-order valence-electron chi connectivity index (χ2n) is 6.83. The zero-order chi connectivity index (χ0) is 19.7. The van der Waals surface area contributed by atoms with Gasteiger partial charge < -0.3 is 11.1 Å². The van der Waals surface area contributed by atoms with Crippen LogP contribution in [0.25, 0.3) is 0 Å². The molecule has 1 heterocycles. The number of nitrogens with two attached hydrogens (primary N) is 1. The van der Waals surface area contributed by atoms with Crippen molar-refractivity contribution < 1.29 is 9.59 Å². The van der Waals surface area contributed by atoms with Gasteiger partial charge in [0, 0.05) is 11.1 Å². The number of benzene rings is 2. The fourth-order valence-corrected chi connectivity index (χ4v) is 3.86. The third-order valence-corrected chi connectivity index (χ3v) is 5.52. The summed E-state index contributed by atoms with van der Waals surface area (Å²) in [5.74, 6) is 0.221. The van der Waals surface area contributed by atoms with E-state index in [1.165, 1.54) is 34.6 Å². The molecular formula is C21H20N4O2S. The van der Waals surface area contributed by atoms with Gasteiger partial charge in [-0.3, -0.25) is 4.79 Å². The molecule has 2 aromatic carbocycles. The summed E-state index contributed by atoms with van der Waals surface area (Å²) in [6, 6.07) is 14.6. The summed E-state index contributed by atoms with van der Waals surface area (Å²) in [4.78, 5) is 30.5. The van der Waals surface area contributed by atoms with Gasteiger partial charge in [0.1, 0.15) is 5.69 Å². The molecule has 142 valence electrons. The number of amides is 3. The molecule has 1 saturated carbocycles. The van der Waals surface area contributed by atoms with Crippen molar-refractivity contribution in [3.63, 3.8) is 0 Å². The average molecular weight is 392 g/mol. The van der Waals surface area contributed by atoms with Crippen LogP contribution in [0.15, 0.2) is 53.9 Å². The van der Waals surface area contributed by atoms with Crippen LogP contribution < -0.4 is 16.0 Å². The number of carbonyl (C=O) groups excluding carboxylic acids is 2. The average Bonchev–Trinajstić information content (AvgIpc) is 3.42. The number of aryl methyl sites for hydroxylation is 1. The number of para-hydroxylation sites is 1. The maximum absolute atomic E-state index is 12.5. The van der Waals surface area contributed by atoms with Gasteiger partial charge in [0.2, 0.25) is 0 Å². The fourth-order valence-electron chi connectivity index (χ4n) is 3.04. The molecule has 6 nitrogen and oxygen atoms in total. The topological polar surface area (TPSA) is 88.3 Å². The first kappa shape index (κ1) is 18.2. The Morgan fingerprint density at radius 1 is 1.18 bits per heavy atom. The van der Waals surface area contributed by atoms with Crippen molar-refractivity contribution in [1.29, 1.82) is 0 Å². The van der Waals surface area contributed by atoms with Crippen LogP contribution in [0.4, 0.5) is 21.3 Å². The Bertz CT molecular complexity index is 1030. The van der Waals surface area contributed by atoms with Crippen molar-refractivity contribution in [2.24, 2.45) is 5.73 Å². The predicted molar refractivity (Wildman–Crippen MR) is 111 cm³/mol. The zero-order valence-corrected chi connectivity index (χ0v) is 16.2. The van der Waals surface area contributed by atoms with Crippen molar-refractivity contribution in [1.82, 2.24) is 4.98 Å². The maximum atomic E-state index is 12.5. The quantitative estimate of drug-likeness (QED) is 0.654. The number of urea groups is 1. The van der Waals surface area contributed by atoms with Gasteiger partial charge in [-0.2, -0.15) is 0 Å². The van der Waals surface area contributed by atoms with E-state index in [0.717, 1.165) is 5.56 Å². The van der Waals surface area contributed by atoms with Gasteiger partial charge in [-0.1, -0.05) is 30.3 Å². The van der Waals surface area contributed by atoms with Crippen LogP contribution in [0.1, 0.15) is 40.4 Å². The predicted octanol–water partition coefficient (Wildman–Crippen LogP) is 4.80. The number of aromatic nitrogens is 1. The largest absolute Gasteiger partial charge is 0.351 e. The smallest absolute Gasteiger partial charge is 0.325 e. The Balaban J connectivity index is 1.62. The van der Waals surface area contributed by atoms with Crippen LogP contribution in [0.3, 0.4) is 0 Å². The molecule has 1 fully saturated rings. The summed E-state index contributed by atoms with van der Waals surface area (Å²) >= 11 is 1.21. The van der Waals surface area contributed by atoms with E-state index in [1.807, 2.05) is 37.3 Å². The normalized spacial score (nSPS) is 13.2. The summed E-state index contributed by atoms with van der Waals surface area (Å²) in [7, 11) is 0. The highest BCUT2D eigenvalue weighted by atomic mass is 32.1. The Morgan fingerprint density at radius 2 is 1.93 bits per heavy atom. The van der Waals surface area contributed by atoms with Crippen LogP contribution in [0.5, 0.6) is 0 Å². The highest BCUT2D eigenvalue weighted by Crippen LogP contribution is 2.42. The summed E-state index contributed by atoms with van der Waals surface area (Å²) in [5.41, 5.74) is 9.43. The van der Waals surface area contributed by atoms with Gasteiger partial charge in [-0.25, -0.2) is 14.7 Å². The van der Waals surface area contributed by atoms with E-state index in [1.54, 1.807) is 17.5 Å². The van der Waals surface area contributed by atoms with Crippen LogP contribution in [-0.4, -0.2) is 16.9 Å². The number of hydrogen-bond donors (Lipinski definition) is 2. The molecule has 0 bridgehead atoms. The van der Waals surface area contributed by atoms with E-state index in [9.17, 15) is 9.59 Å². The lowest BCUT2D eigenvalue weighted by Gasteiger charge is -2.20. The zero-order valence-electron chi connectivity index (χ0n) is 15.4. The Hall–Kier alpha value is -3.19. The minimum Gasteiger partial charge on any atom is -0.351 e. The third-order valence-electron chi connectivity index (χ3n) is 4.69. The van der Waals surface area contributed by atoms with Crippen LogP contribution in [-0.2, 0) is 0 Å². The van der Waals surface area contributed by atoms with Gasteiger partial charge in [0.15, 0.2) is 5.13 Å². The minimum absolute atomic E-state index is 0.242. The highest BCUT2D eigenvalue weighted by molar-refractivity contribution is 7.14. The Morgan fingerprint density at radius 3 is 2.61 bits per heavy atom. The lowest BCUT2D eigenvalue weighted by Crippen LogP contribution is -2.32. The molecule has 3 amide bonds. The van der Waals surface area contributed by atoms with E-state index in [-0.39, 0.29) is 11.6 Å². The van der Waals surface area contributed by atoms with Gasteiger partial charge in [0.25, 0.3) is 5.91 Å². The number of nitrogens with zero attached hydrogens (tertiary/aromatic N) is 2. The first-order chi connectivity index (χ1) is 13.5. The van der Waals surface area contributed by atoms with E-state index in [4.69, 9.17) is 5.73 Å². The molecule has 28 heavy (non-hydrogen) atoms. The Kier molecular flexibility index (Phi) is 4.83. The lowest BCUT2D eigenvalue weighted by atomic mass is 10.1. The van der Waals surface area contributed by atoms with E-state index >= 15 is 0 Å². The van der Waals surface area contributed by atoms with Crippen molar-refractivity contribution >= 4 is 39.8 Å². The summed E-state index contributed by atoms with van der Waals surface area (Å²) < 4.78 is 0. The number of nitrogens with one attached hydrogen (secondary N) is 1. The number of thiazole rings is 1. The van der Waals surface area contributed by atoms with Crippen molar-refractivity contribution in [3.05, 3.63) is 70.7 Å². The van der Waals surface area contributed by atoms with Gasteiger partial charge in [-0.05, 0) is 55.0 Å². The van der Waals surface area contributed by atoms with Crippen molar-refractivity contribution in [3.8, 4) is 0 Å². The molecule has 0 saturated heterocycles. The maximum Gasteiger partial charge on any atom is 0.325 e. The number of hydrogen-bond acceptors (Lipinski definition) is 4. The second-order valence-corrected chi connectivity index (χ2v) is 7.67. The first-order valence-corrected chi connectivity index (χ1v) is 9.93. The summed E-state index contributed by atoms with van der Waals surface area (Å²) in [5, 5.41) is 4.80. The monoisotopic (exact) mass is 392 g/mol. The number of rotatable bonds is 5. The molecule has 1 aliphatic carbocycles. The fraction of sp³-hybridized carbons (Fsp3) is 0.190. The molecule has 0 aliphatic heterocycles. The molecule has 7 heteroatoms. The Labute approximate surface area is 167 Å². The molecule has 1 aromatic heterocycles. The number of carbonyl (C=O) groups is 2. The molecule has 4 rings (SSSR count).